The van der Waals surface area contributed by atoms with Crippen LogP contribution in [0.25, 0.3) is 0 Å². The molecule has 0 aliphatic rings. The van der Waals surface area contributed by atoms with Gasteiger partial charge in [0.2, 0.25) is 0 Å². The van der Waals surface area contributed by atoms with Crippen LogP contribution in [0, 0.1) is 17.0 Å². The Hall–Kier alpha value is -2.60. The largest absolute Gasteiger partial charge is 0.483 e. The predicted molar refractivity (Wildman–Crippen MR) is 97.5 cm³/mol. The lowest BCUT2D eigenvalue weighted by atomic mass is 10.0. The van der Waals surface area contributed by atoms with Gasteiger partial charge in [-0.1, -0.05) is 37.6 Å². The number of nitrogens with zero attached hydrogens (tertiary/aromatic N) is 1. The van der Waals surface area contributed by atoms with Gasteiger partial charge in [0.05, 0.1) is 4.92 Å². The van der Waals surface area contributed by atoms with E-state index in [1.807, 2.05) is 39.0 Å². The average molecular weight is 363 g/mol. The van der Waals surface area contributed by atoms with E-state index in [4.69, 9.17) is 16.3 Å². The third-order valence-corrected chi connectivity index (χ3v) is 3.82. The number of halogens is 1. The topological polar surface area (TPSA) is 81.5 Å². The normalized spacial score (nSPS) is 10.6. The molecule has 0 saturated carbocycles. The first kappa shape index (κ1) is 18.7. The van der Waals surface area contributed by atoms with Crippen LogP contribution in [0.1, 0.15) is 30.9 Å². The number of carbonyl (C=O) groups is 1. The quantitative estimate of drug-likeness (QED) is 0.596. The van der Waals surface area contributed by atoms with Crippen molar-refractivity contribution in [2.75, 3.05) is 11.9 Å². The number of ether oxygens (including phenoxy) is 1. The van der Waals surface area contributed by atoms with Crippen LogP contribution in [0.2, 0.25) is 5.02 Å². The Morgan fingerprint density at radius 3 is 2.64 bits per heavy atom. The number of anilines is 1. The molecule has 0 radical (unpaired) electrons. The lowest BCUT2D eigenvalue weighted by molar-refractivity contribution is -0.383. The minimum Gasteiger partial charge on any atom is -0.483 e. The Labute approximate surface area is 150 Å². The number of aryl methyl sites for hydroxylation is 1. The zero-order valence-corrected chi connectivity index (χ0v) is 15.0. The predicted octanol–water partition coefficient (Wildman–Crippen LogP) is 4.70. The number of nitrogens with one attached hydrogen (secondary N) is 1. The molecule has 0 spiro atoms. The van der Waals surface area contributed by atoms with E-state index in [0.29, 0.717) is 5.75 Å². The van der Waals surface area contributed by atoms with Crippen molar-refractivity contribution < 1.29 is 14.5 Å². The maximum Gasteiger partial charge on any atom is 0.294 e. The fourth-order valence-corrected chi connectivity index (χ4v) is 2.50. The minimum atomic E-state index is -0.597. The Morgan fingerprint density at radius 2 is 2.00 bits per heavy atom. The number of hydrogen-bond donors (Lipinski definition) is 1. The molecule has 0 heterocycles. The Kier molecular flexibility index (Phi) is 5.98. The van der Waals surface area contributed by atoms with Crippen LogP contribution in [0.5, 0.6) is 5.75 Å². The Bertz CT molecular complexity index is 806. The van der Waals surface area contributed by atoms with Crippen LogP contribution >= 0.6 is 11.6 Å². The van der Waals surface area contributed by atoms with E-state index < -0.39 is 10.8 Å². The van der Waals surface area contributed by atoms with Crippen molar-refractivity contribution in [3.8, 4) is 5.75 Å². The second-order valence-electron chi connectivity index (χ2n) is 5.95. The number of nitro groups is 1. The second-order valence-corrected chi connectivity index (χ2v) is 6.39. The van der Waals surface area contributed by atoms with Crippen molar-refractivity contribution in [2.24, 2.45) is 0 Å². The number of hydrogen-bond acceptors (Lipinski definition) is 4. The van der Waals surface area contributed by atoms with Gasteiger partial charge in [-0.25, -0.2) is 0 Å². The van der Waals surface area contributed by atoms with Gasteiger partial charge < -0.3 is 10.1 Å². The third-order valence-electron chi connectivity index (χ3n) is 3.58. The first-order valence-corrected chi connectivity index (χ1v) is 8.13. The monoisotopic (exact) mass is 362 g/mol. The Morgan fingerprint density at radius 1 is 1.28 bits per heavy atom. The third kappa shape index (κ3) is 4.93. The summed E-state index contributed by atoms with van der Waals surface area (Å²) in [6.45, 7) is 5.76. The molecule has 2 rings (SSSR count). The molecule has 132 valence electrons. The molecular weight excluding hydrogens is 344 g/mol. The van der Waals surface area contributed by atoms with E-state index in [2.05, 4.69) is 5.32 Å². The highest BCUT2D eigenvalue weighted by molar-refractivity contribution is 6.31. The lowest BCUT2D eigenvalue weighted by Gasteiger charge is -2.15. The molecule has 25 heavy (non-hydrogen) atoms. The van der Waals surface area contributed by atoms with Crippen molar-refractivity contribution in [1.82, 2.24) is 0 Å². The second kappa shape index (κ2) is 7.98. The average Bonchev–Trinajstić information content (AvgIpc) is 2.54. The molecule has 2 aromatic rings. The van der Waals surface area contributed by atoms with Crippen LogP contribution in [-0.4, -0.2) is 17.4 Å². The first-order valence-electron chi connectivity index (χ1n) is 7.75. The molecule has 0 unspecified atom stereocenters. The molecule has 1 N–H and O–H groups in total. The molecule has 6 nitrogen and oxygen atoms in total. The summed E-state index contributed by atoms with van der Waals surface area (Å²) in [5.74, 6) is 0.397. The maximum atomic E-state index is 12.1. The van der Waals surface area contributed by atoms with Crippen molar-refractivity contribution >= 4 is 28.9 Å². The summed E-state index contributed by atoms with van der Waals surface area (Å²) in [5, 5.41) is 13.8. The summed E-state index contributed by atoms with van der Waals surface area (Å²) >= 11 is 5.76. The van der Waals surface area contributed by atoms with Gasteiger partial charge in [-0.05, 0) is 42.2 Å². The molecular formula is C18H19ClN2O4. The fourth-order valence-electron chi connectivity index (χ4n) is 2.33. The van der Waals surface area contributed by atoms with E-state index >= 15 is 0 Å². The van der Waals surface area contributed by atoms with E-state index in [-0.39, 0.29) is 28.9 Å². The molecule has 0 bridgehead atoms. The zero-order valence-electron chi connectivity index (χ0n) is 14.2. The van der Waals surface area contributed by atoms with Crippen molar-refractivity contribution in [1.29, 1.82) is 0 Å². The van der Waals surface area contributed by atoms with E-state index in [1.165, 1.54) is 18.2 Å². The summed E-state index contributed by atoms with van der Waals surface area (Å²) in [6.07, 6.45) is 0. The highest BCUT2D eigenvalue weighted by Crippen LogP contribution is 2.29. The van der Waals surface area contributed by atoms with Gasteiger partial charge in [-0.15, -0.1) is 0 Å². The number of nitro benzene ring substituents is 1. The number of benzene rings is 2. The van der Waals surface area contributed by atoms with Crippen LogP contribution < -0.4 is 10.1 Å². The zero-order chi connectivity index (χ0) is 18.6. The SMILES string of the molecule is Cc1ccc(C(C)C)c(OCC(=O)Nc2ccc(Cl)cc2[N+](=O)[O-])c1. The van der Waals surface area contributed by atoms with Gasteiger partial charge in [-0.3, -0.25) is 14.9 Å². The molecule has 0 atom stereocenters. The number of carbonyl (C=O) groups excluding carboxylic acids is 1. The summed E-state index contributed by atoms with van der Waals surface area (Å²) in [6, 6.07) is 9.88. The highest BCUT2D eigenvalue weighted by Gasteiger charge is 2.17. The highest BCUT2D eigenvalue weighted by atomic mass is 35.5. The van der Waals surface area contributed by atoms with Gasteiger partial charge in [0.1, 0.15) is 11.4 Å². The molecule has 0 aliphatic heterocycles. The van der Waals surface area contributed by atoms with Crippen LogP contribution in [0.3, 0.4) is 0 Å². The first-order chi connectivity index (χ1) is 11.8. The van der Waals surface area contributed by atoms with E-state index in [1.54, 1.807) is 0 Å². The molecule has 0 aromatic heterocycles. The van der Waals surface area contributed by atoms with Gasteiger partial charge >= 0.3 is 0 Å². The molecule has 0 fully saturated rings. The standard InChI is InChI=1S/C18H19ClN2O4/c1-11(2)14-6-4-12(3)8-17(14)25-10-18(22)20-15-7-5-13(19)9-16(15)21(23)24/h4-9,11H,10H2,1-3H3,(H,20,22). The van der Waals surface area contributed by atoms with Crippen molar-refractivity contribution in [3.05, 3.63) is 62.7 Å². The van der Waals surface area contributed by atoms with Gasteiger partial charge in [0, 0.05) is 11.1 Å². The number of rotatable bonds is 6. The van der Waals surface area contributed by atoms with Crippen molar-refractivity contribution in [2.45, 2.75) is 26.7 Å². The number of amides is 1. The smallest absolute Gasteiger partial charge is 0.294 e. The lowest BCUT2D eigenvalue weighted by Crippen LogP contribution is -2.21. The Balaban J connectivity index is 2.10. The minimum absolute atomic E-state index is 0.0799. The molecule has 7 heteroatoms. The van der Waals surface area contributed by atoms with E-state index in [9.17, 15) is 14.9 Å². The van der Waals surface area contributed by atoms with Crippen LogP contribution in [0.4, 0.5) is 11.4 Å². The summed E-state index contributed by atoms with van der Waals surface area (Å²) in [4.78, 5) is 22.6. The summed E-state index contributed by atoms with van der Waals surface area (Å²) in [7, 11) is 0. The van der Waals surface area contributed by atoms with Crippen LogP contribution in [-0.2, 0) is 4.79 Å². The summed E-state index contributed by atoms with van der Waals surface area (Å²) in [5.41, 5.74) is 1.83. The molecule has 0 saturated heterocycles. The van der Waals surface area contributed by atoms with Crippen LogP contribution in [0.15, 0.2) is 36.4 Å². The fraction of sp³-hybridized carbons (Fsp3) is 0.278. The maximum absolute atomic E-state index is 12.1. The molecule has 2 aromatic carbocycles. The molecule has 0 aliphatic carbocycles. The van der Waals surface area contributed by atoms with Gasteiger partial charge in [0.25, 0.3) is 11.6 Å². The molecule has 1 amide bonds. The summed E-state index contributed by atoms with van der Waals surface area (Å²) < 4.78 is 5.63. The van der Waals surface area contributed by atoms with E-state index in [0.717, 1.165) is 11.1 Å². The van der Waals surface area contributed by atoms with Gasteiger partial charge in [-0.2, -0.15) is 0 Å². The van der Waals surface area contributed by atoms with Gasteiger partial charge in [0.15, 0.2) is 6.61 Å². The van der Waals surface area contributed by atoms with Crippen molar-refractivity contribution in [3.63, 3.8) is 0 Å².